The highest BCUT2D eigenvalue weighted by molar-refractivity contribution is 5.85. The number of hydrogen-bond donors (Lipinski definition) is 2. The minimum absolute atomic E-state index is 0.0490. The first-order valence-electron chi connectivity index (χ1n) is 6.60. The lowest BCUT2D eigenvalue weighted by Crippen LogP contribution is -2.36. The Morgan fingerprint density at radius 3 is 2.68 bits per heavy atom. The van der Waals surface area contributed by atoms with Crippen molar-refractivity contribution >= 4 is 11.9 Å². The second-order valence-corrected chi connectivity index (χ2v) is 5.27. The third-order valence-corrected chi connectivity index (χ3v) is 3.86. The van der Waals surface area contributed by atoms with Crippen molar-refractivity contribution in [3.63, 3.8) is 0 Å². The topological polar surface area (TPSA) is 79.5 Å². The van der Waals surface area contributed by atoms with Gasteiger partial charge in [0.05, 0.1) is 17.7 Å². The van der Waals surface area contributed by atoms with Gasteiger partial charge in [-0.05, 0) is 31.9 Å². The molecule has 5 heteroatoms. The molecule has 0 aliphatic heterocycles. The van der Waals surface area contributed by atoms with Crippen molar-refractivity contribution in [3.8, 4) is 0 Å². The summed E-state index contributed by atoms with van der Waals surface area (Å²) in [6, 6.07) is 3.30. The number of rotatable bonds is 5. The fourth-order valence-corrected chi connectivity index (χ4v) is 2.73. The predicted molar refractivity (Wildman–Crippen MR) is 68.4 cm³/mol. The Hall–Kier alpha value is -1.78. The Morgan fingerprint density at radius 1 is 1.47 bits per heavy atom. The van der Waals surface area contributed by atoms with E-state index in [2.05, 4.69) is 5.32 Å². The minimum Gasteiger partial charge on any atom is -0.481 e. The van der Waals surface area contributed by atoms with E-state index in [4.69, 9.17) is 4.42 Å². The number of carbonyl (C=O) groups excluding carboxylic acids is 1. The Balaban J connectivity index is 1.95. The van der Waals surface area contributed by atoms with Gasteiger partial charge >= 0.3 is 5.97 Å². The maximum Gasteiger partial charge on any atom is 0.310 e. The monoisotopic (exact) mass is 265 g/mol. The highest BCUT2D eigenvalue weighted by Crippen LogP contribution is 2.41. The zero-order chi connectivity index (χ0) is 13.9. The van der Waals surface area contributed by atoms with E-state index < -0.39 is 11.4 Å². The largest absolute Gasteiger partial charge is 0.481 e. The Morgan fingerprint density at radius 2 is 2.16 bits per heavy atom. The van der Waals surface area contributed by atoms with Crippen molar-refractivity contribution in [1.82, 2.24) is 5.32 Å². The molecule has 2 N–H and O–H groups in total. The van der Waals surface area contributed by atoms with Gasteiger partial charge in [-0.15, -0.1) is 0 Å². The summed E-state index contributed by atoms with van der Waals surface area (Å²) in [6.07, 6.45) is 4.54. The Labute approximate surface area is 112 Å². The number of furan rings is 1. The number of hydrogen-bond acceptors (Lipinski definition) is 3. The van der Waals surface area contributed by atoms with Crippen LogP contribution in [0.25, 0.3) is 0 Å². The number of carbonyl (C=O) groups is 2. The highest BCUT2D eigenvalue weighted by Gasteiger charge is 2.43. The van der Waals surface area contributed by atoms with Gasteiger partial charge in [0, 0.05) is 6.42 Å². The van der Waals surface area contributed by atoms with Gasteiger partial charge in [0.1, 0.15) is 5.76 Å². The molecule has 1 fully saturated rings. The summed E-state index contributed by atoms with van der Waals surface area (Å²) in [6.45, 7) is 1.82. The maximum absolute atomic E-state index is 12.0. The molecule has 5 nitrogen and oxygen atoms in total. The van der Waals surface area contributed by atoms with Crippen LogP contribution in [0.2, 0.25) is 0 Å². The van der Waals surface area contributed by atoms with Gasteiger partial charge in [0.25, 0.3) is 0 Å². The molecule has 1 saturated carbocycles. The molecule has 0 spiro atoms. The van der Waals surface area contributed by atoms with E-state index in [9.17, 15) is 14.7 Å². The van der Waals surface area contributed by atoms with Crippen LogP contribution in [0.3, 0.4) is 0 Å². The lowest BCUT2D eigenvalue weighted by molar-refractivity contribution is -0.151. The number of aliphatic carboxylic acids is 1. The third-order valence-electron chi connectivity index (χ3n) is 3.86. The highest BCUT2D eigenvalue weighted by atomic mass is 16.4. The second kappa shape index (κ2) is 5.47. The van der Waals surface area contributed by atoms with Crippen LogP contribution in [0.4, 0.5) is 0 Å². The van der Waals surface area contributed by atoms with Crippen LogP contribution in [-0.2, 0) is 9.59 Å². The van der Waals surface area contributed by atoms with Gasteiger partial charge in [-0.2, -0.15) is 0 Å². The summed E-state index contributed by atoms with van der Waals surface area (Å²) in [7, 11) is 0. The van der Waals surface area contributed by atoms with E-state index in [0.717, 1.165) is 12.8 Å². The van der Waals surface area contributed by atoms with Gasteiger partial charge in [-0.3, -0.25) is 9.59 Å². The Bertz CT molecular complexity index is 446. The number of carboxylic acids is 1. The van der Waals surface area contributed by atoms with Crippen LogP contribution in [0.15, 0.2) is 22.8 Å². The van der Waals surface area contributed by atoms with Gasteiger partial charge < -0.3 is 14.8 Å². The molecule has 0 bridgehead atoms. The molecule has 0 saturated heterocycles. The number of amides is 1. The van der Waals surface area contributed by atoms with Gasteiger partial charge in [-0.25, -0.2) is 0 Å². The summed E-state index contributed by atoms with van der Waals surface area (Å²) in [5.74, 6) is -0.414. The smallest absolute Gasteiger partial charge is 0.310 e. The molecule has 1 aliphatic rings. The van der Waals surface area contributed by atoms with Crippen LogP contribution < -0.4 is 5.32 Å². The first kappa shape index (κ1) is 13.6. The molecule has 19 heavy (non-hydrogen) atoms. The predicted octanol–water partition coefficient (Wildman–Crippen LogP) is 2.49. The van der Waals surface area contributed by atoms with Crippen molar-refractivity contribution in [2.75, 3.05) is 0 Å². The lowest BCUT2D eigenvalue weighted by Gasteiger charge is -2.23. The first-order chi connectivity index (χ1) is 9.03. The maximum atomic E-state index is 12.0. The fraction of sp³-hybridized carbons (Fsp3) is 0.571. The van der Waals surface area contributed by atoms with Crippen LogP contribution in [-0.4, -0.2) is 17.0 Å². The SMILES string of the molecule is CC(NC(=O)CC1(C(=O)O)CCCC1)c1ccco1. The molecule has 1 atom stereocenters. The normalized spacial score (nSPS) is 19.0. The van der Waals surface area contributed by atoms with Crippen molar-refractivity contribution in [2.24, 2.45) is 5.41 Å². The number of carboxylic acid groups (broad SMARTS) is 1. The molecule has 1 heterocycles. The van der Waals surface area contributed by atoms with Crippen LogP contribution >= 0.6 is 0 Å². The van der Waals surface area contributed by atoms with E-state index in [1.165, 1.54) is 0 Å². The molecular formula is C14H19NO4. The minimum atomic E-state index is -0.868. The zero-order valence-corrected chi connectivity index (χ0v) is 11.0. The molecule has 1 amide bonds. The molecule has 2 rings (SSSR count). The molecule has 0 radical (unpaired) electrons. The lowest BCUT2D eigenvalue weighted by atomic mass is 9.82. The van der Waals surface area contributed by atoms with Crippen molar-refractivity contribution in [1.29, 1.82) is 0 Å². The van der Waals surface area contributed by atoms with Gasteiger partial charge in [-0.1, -0.05) is 12.8 Å². The van der Waals surface area contributed by atoms with E-state index >= 15 is 0 Å². The Kier molecular flexibility index (Phi) is 3.93. The first-order valence-corrected chi connectivity index (χ1v) is 6.60. The van der Waals surface area contributed by atoms with Crippen LogP contribution in [0, 0.1) is 5.41 Å². The van der Waals surface area contributed by atoms with Crippen LogP contribution in [0.5, 0.6) is 0 Å². The summed E-state index contributed by atoms with van der Waals surface area (Å²) < 4.78 is 5.21. The van der Waals surface area contributed by atoms with E-state index in [0.29, 0.717) is 18.6 Å². The van der Waals surface area contributed by atoms with E-state index in [-0.39, 0.29) is 18.4 Å². The average Bonchev–Trinajstić information content (AvgIpc) is 2.99. The van der Waals surface area contributed by atoms with Crippen molar-refractivity contribution in [3.05, 3.63) is 24.2 Å². The molecule has 0 aromatic carbocycles. The van der Waals surface area contributed by atoms with Crippen molar-refractivity contribution < 1.29 is 19.1 Å². The second-order valence-electron chi connectivity index (χ2n) is 5.27. The van der Waals surface area contributed by atoms with Crippen LogP contribution in [0.1, 0.15) is 50.8 Å². The third kappa shape index (κ3) is 2.97. The molecule has 1 aromatic rings. The molecule has 1 unspecified atom stereocenters. The average molecular weight is 265 g/mol. The molecule has 104 valence electrons. The number of nitrogens with one attached hydrogen (secondary N) is 1. The quantitative estimate of drug-likeness (QED) is 0.857. The van der Waals surface area contributed by atoms with E-state index in [1.807, 2.05) is 6.92 Å². The van der Waals surface area contributed by atoms with Gasteiger partial charge in [0.15, 0.2) is 0 Å². The van der Waals surface area contributed by atoms with Gasteiger partial charge in [0.2, 0.25) is 5.91 Å². The summed E-state index contributed by atoms with van der Waals surface area (Å²) in [5.41, 5.74) is -0.868. The molecule has 1 aliphatic carbocycles. The summed E-state index contributed by atoms with van der Waals surface area (Å²) >= 11 is 0. The van der Waals surface area contributed by atoms with Crippen molar-refractivity contribution in [2.45, 2.75) is 45.1 Å². The summed E-state index contributed by atoms with van der Waals surface area (Å²) in [5, 5.41) is 12.1. The standard InChI is InChI=1S/C14H19NO4/c1-10(11-5-4-8-19-11)15-12(16)9-14(13(17)18)6-2-3-7-14/h4-5,8,10H,2-3,6-7,9H2,1H3,(H,15,16)(H,17,18). The zero-order valence-electron chi connectivity index (χ0n) is 11.0. The fourth-order valence-electron chi connectivity index (χ4n) is 2.73. The van der Waals surface area contributed by atoms with E-state index in [1.54, 1.807) is 18.4 Å². The molecule has 1 aromatic heterocycles. The summed E-state index contributed by atoms with van der Waals surface area (Å²) in [4.78, 5) is 23.4. The molecular weight excluding hydrogens is 246 g/mol.